The van der Waals surface area contributed by atoms with Gasteiger partial charge >= 0.3 is 0 Å². The number of hydrogen-bond donors (Lipinski definition) is 1. The predicted molar refractivity (Wildman–Crippen MR) is 106 cm³/mol. The number of likely N-dealkylation sites (N-methyl/N-ethyl adjacent to an activating group) is 1. The summed E-state index contributed by atoms with van der Waals surface area (Å²) in [4.78, 5) is 27.1. The molecule has 2 aromatic heterocycles. The first kappa shape index (κ1) is 18.8. The molecule has 0 fully saturated rings. The van der Waals surface area contributed by atoms with Crippen molar-refractivity contribution in [2.75, 3.05) is 18.9 Å². The molecule has 1 N–H and O–H groups in total. The summed E-state index contributed by atoms with van der Waals surface area (Å²) < 4.78 is 0. The van der Waals surface area contributed by atoms with Crippen LogP contribution in [0.2, 0.25) is 5.02 Å². The van der Waals surface area contributed by atoms with E-state index in [0.29, 0.717) is 28.9 Å². The van der Waals surface area contributed by atoms with Gasteiger partial charge in [0, 0.05) is 42.8 Å². The van der Waals surface area contributed by atoms with Crippen molar-refractivity contribution in [1.82, 2.24) is 19.9 Å². The van der Waals surface area contributed by atoms with E-state index in [9.17, 15) is 4.79 Å². The fraction of sp³-hybridized carbons (Fsp3) is 0.200. The Morgan fingerprint density at radius 1 is 1.11 bits per heavy atom. The molecule has 0 saturated carbocycles. The Balaban J connectivity index is 1.70. The molecule has 6 nitrogen and oxygen atoms in total. The molecule has 0 aliphatic carbocycles. The van der Waals surface area contributed by atoms with Crippen molar-refractivity contribution in [2.24, 2.45) is 0 Å². The van der Waals surface area contributed by atoms with Crippen LogP contribution in [-0.2, 0) is 6.42 Å². The predicted octanol–water partition coefficient (Wildman–Crippen LogP) is 3.89. The molecule has 138 valence electrons. The van der Waals surface area contributed by atoms with E-state index in [1.54, 1.807) is 49.5 Å². The summed E-state index contributed by atoms with van der Waals surface area (Å²) in [5, 5.41) is 3.83. The molecule has 0 bridgehead atoms. The molecule has 0 atom stereocenters. The smallest absolute Gasteiger partial charge is 0.272 e. The molecule has 0 aliphatic rings. The Kier molecular flexibility index (Phi) is 5.98. The summed E-state index contributed by atoms with van der Waals surface area (Å²) in [7, 11) is 1.77. The molecule has 0 saturated heterocycles. The minimum atomic E-state index is -0.145. The number of hydrogen-bond acceptors (Lipinski definition) is 5. The summed E-state index contributed by atoms with van der Waals surface area (Å²) in [6.07, 6.45) is 4.25. The van der Waals surface area contributed by atoms with Crippen molar-refractivity contribution in [3.05, 3.63) is 77.0 Å². The zero-order valence-corrected chi connectivity index (χ0v) is 15.9. The minimum absolute atomic E-state index is 0.145. The van der Waals surface area contributed by atoms with Gasteiger partial charge in [0.15, 0.2) is 0 Å². The highest BCUT2D eigenvalue weighted by Crippen LogP contribution is 2.18. The summed E-state index contributed by atoms with van der Waals surface area (Å²) in [6.45, 7) is 2.35. The lowest BCUT2D eigenvalue weighted by atomic mass is 10.2. The number of halogens is 1. The fourth-order valence-electron chi connectivity index (χ4n) is 2.57. The Labute approximate surface area is 163 Å². The summed E-state index contributed by atoms with van der Waals surface area (Å²) in [5.74, 6) is 0.948. The number of aryl methyl sites for hydroxylation is 1. The molecule has 1 aromatic carbocycles. The van der Waals surface area contributed by atoms with Gasteiger partial charge in [-0.2, -0.15) is 0 Å². The van der Waals surface area contributed by atoms with Crippen molar-refractivity contribution >= 4 is 29.0 Å². The monoisotopic (exact) mass is 381 g/mol. The number of rotatable bonds is 6. The van der Waals surface area contributed by atoms with Crippen LogP contribution in [0.1, 0.15) is 21.9 Å². The fourth-order valence-corrected chi connectivity index (χ4v) is 2.69. The van der Waals surface area contributed by atoms with Gasteiger partial charge in [-0.1, -0.05) is 11.6 Å². The highest BCUT2D eigenvalue weighted by Gasteiger charge is 2.15. The molecule has 0 radical (unpaired) electrons. The summed E-state index contributed by atoms with van der Waals surface area (Å²) in [6, 6.07) is 12.8. The summed E-state index contributed by atoms with van der Waals surface area (Å²) >= 11 is 5.91. The van der Waals surface area contributed by atoms with E-state index in [1.165, 1.54) is 0 Å². The molecule has 3 aromatic rings. The van der Waals surface area contributed by atoms with Crippen molar-refractivity contribution in [2.45, 2.75) is 13.3 Å². The number of amides is 1. The third-order valence-corrected chi connectivity index (χ3v) is 4.26. The van der Waals surface area contributed by atoms with Gasteiger partial charge in [0.1, 0.15) is 17.3 Å². The molecule has 7 heteroatoms. The second-order valence-corrected chi connectivity index (χ2v) is 6.59. The van der Waals surface area contributed by atoms with Crippen molar-refractivity contribution < 1.29 is 4.79 Å². The normalized spacial score (nSPS) is 10.5. The molecular weight excluding hydrogens is 362 g/mol. The van der Waals surface area contributed by atoms with Gasteiger partial charge in [-0.15, -0.1) is 0 Å². The zero-order valence-electron chi connectivity index (χ0n) is 15.2. The van der Waals surface area contributed by atoms with E-state index in [0.717, 1.165) is 17.7 Å². The largest absolute Gasteiger partial charge is 0.340 e. The number of nitrogens with one attached hydrogen (secondary N) is 1. The van der Waals surface area contributed by atoms with Crippen LogP contribution >= 0.6 is 11.6 Å². The van der Waals surface area contributed by atoms with E-state index >= 15 is 0 Å². The molecule has 0 spiro atoms. The van der Waals surface area contributed by atoms with Gasteiger partial charge in [-0.25, -0.2) is 9.97 Å². The number of anilines is 2. The van der Waals surface area contributed by atoms with Crippen LogP contribution in [0.4, 0.5) is 11.5 Å². The van der Waals surface area contributed by atoms with E-state index in [4.69, 9.17) is 11.6 Å². The Morgan fingerprint density at radius 2 is 1.81 bits per heavy atom. The van der Waals surface area contributed by atoms with Crippen LogP contribution in [0, 0.1) is 6.92 Å². The molecule has 2 heterocycles. The number of benzene rings is 1. The third kappa shape index (κ3) is 5.24. The van der Waals surface area contributed by atoms with Crippen molar-refractivity contribution in [3.8, 4) is 0 Å². The third-order valence-electron chi connectivity index (χ3n) is 4.01. The zero-order chi connectivity index (χ0) is 19.2. The first-order valence-electron chi connectivity index (χ1n) is 8.54. The molecule has 27 heavy (non-hydrogen) atoms. The minimum Gasteiger partial charge on any atom is -0.340 e. The van der Waals surface area contributed by atoms with Gasteiger partial charge in [-0.05, 0) is 55.3 Å². The van der Waals surface area contributed by atoms with Crippen LogP contribution < -0.4 is 5.32 Å². The summed E-state index contributed by atoms with van der Waals surface area (Å²) in [5.41, 5.74) is 2.33. The molecule has 1 amide bonds. The van der Waals surface area contributed by atoms with E-state index < -0.39 is 0 Å². The highest BCUT2D eigenvalue weighted by atomic mass is 35.5. The Morgan fingerprint density at radius 3 is 2.52 bits per heavy atom. The van der Waals surface area contributed by atoms with Crippen LogP contribution in [0.5, 0.6) is 0 Å². The number of aromatic nitrogens is 3. The van der Waals surface area contributed by atoms with Gasteiger partial charge in [-0.3, -0.25) is 9.78 Å². The number of pyridine rings is 1. The van der Waals surface area contributed by atoms with E-state index in [2.05, 4.69) is 20.3 Å². The maximum atomic E-state index is 12.7. The lowest BCUT2D eigenvalue weighted by Gasteiger charge is -2.17. The standard InChI is InChI=1S/C20H20ClN5O/c1-14-23-18(13-19(24-14)25-17-5-3-16(21)4-6-17)20(27)26(2)12-9-15-7-10-22-11-8-15/h3-8,10-11,13H,9,12H2,1-2H3,(H,23,24,25). The molecular formula is C20H20ClN5O. The average Bonchev–Trinajstić information content (AvgIpc) is 2.67. The van der Waals surface area contributed by atoms with Crippen LogP contribution in [-0.4, -0.2) is 39.4 Å². The van der Waals surface area contributed by atoms with Crippen molar-refractivity contribution in [3.63, 3.8) is 0 Å². The van der Waals surface area contributed by atoms with Crippen LogP contribution in [0.25, 0.3) is 0 Å². The maximum Gasteiger partial charge on any atom is 0.272 e. The van der Waals surface area contributed by atoms with Crippen LogP contribution in [0.15, 0.2) is 54.9 Å². The van der Waals surface area contributed by atoms with Gasteiger partial charge in [0.2, 0.25) is 0 Å². The van der Waals surface area contributed by atoms with Gasteiger partial charge < -0.3 is 10.2 Å². The Hall–Kier alpha value is -2.99. The average molecular weight is 382 g/mol. The molecule has 3 rings (SSSR count). The Bertz CT molecular complexity index is 915. The lowest BCUT2D eigenvalue weighted by molar-refractivity contribution is 0.0790. The van der Waals surface area contributed by atoms with E-state index in [-0.39, 0.29) is 5.91 Å². The van der Waals surface area contributed by atoms with E-state index in [1.807, 2.05) is 24.3 Å². The van der Waals surface area contributed by atoms with Crippen LogP contribution in [0.3, 0.4) is 0 Å². The topological polar surface area (TPSA) is 71.0 Å². The first-order valence-corrected chi connectivity index (χ1v) is 8.92. The highest BCUT2D eigenvalue weighted by molar-refractivity contribution is 6.30. The first-order chi connectivity index (χ1) is 13.0. The molecule has 0 unspecified atom stereocenters. The quantitative estimate of drug-likeness (QED) is 0.701. The second kappa shape index (κ2) is 8.60. The number of nitrogens with zero attached hydrogens (tertiary/aromatic N) is 4. The van der Waals surface area contributed by atoms with Crippen molar-refractivity contribution in [1.29, 1.82) is 0 Å². The number of carbonyl (C=O) groups excluding carboxylic acids is 1. The second-order valence-electron chi connectivity index (χ2n) is 6.15. The van der Waals surface area contributed by atoms with Gasteiger partial charge in [0.05, 0.1) is 0 Å². The number of carbonyl (C=O) groups is 1. The van der Waals surface area contributed by atoms with Gasteiger partial charge in [0.25, 0.3) is 5.91 Å². The maximum absolute atomic E-state index is 12.7. The SMILES string of the molecule is Cc1nc(Nc2ccc(Cl)cc2)cc(C(=O)N(C)CCc2ccncc2)n1. The lowest BCUT2D eigenvalue weighted by Crippen LogP contribution is -2.30. The molecule has 0 aliphatic heterocycles.